The SMILES string of the molecule is IC1CCCCC1OCC1CCCCC1. The molecular weight excluding hydrogens is 299 g/mol. The van der Waals surface area contributed by atoms with Gasteiger partial charge in [-0.2, -0.15) is 0 Å². The molecule has 0 N–H and O–H groups in total. The molecule has 88 valence electrons. The quantitative estimate of drug-likeness (QED) is 0.555. The predicted octanol–water partition coefficient (Wildman–Crippen LogP) is 4.33. The molecule has 2 fully saturated rings. The Hall–Kier alpha value is 0.690. The molecule has 0 saturated heterocycles. The fourth-order valence-electron chi connectivity index (χ4n) is 2.85. The van der Waals surface area contributed by atoms with Crippen LogP contribution in [0.4, 0.5) is 0 Å². The lowest BCUT2D eigenvalue weighted by Gasteiger charge is -2.30. The van der Waals surface area contributed by atoms with E-state index in [1.54, 1.807) is 0 Å². The maximum absolute atomic E-state index is 6.13. The lowest BCUT2D eigenvalue weighted by Crippen LogP contribution is -2.30. The molecule has 0 amide bonds. The summed E-state index contributed by atoms with van der Waals surface area (Å²) in [5, 5.41) is 0. The van der Waals surface area contributed by atoms with E-state index in [2.05, 4.69) is 22.6 Å². The molecule has 0 heterocycles. The van der Waals surface area contributed by atoms with Gasteiger partial charge in [0.05, 0.1) is 6.10 Å². The zero-order chi connectivity index (χ0) is 10.5. The van der Waals surface area contributed by atoms with Crippen molar-refractivity contribution in [2.75, 3.05) is 6.61 Å². The third-order valence-corrected chi connectivity index (χ3v) is 5.32. The molecule has 1 nitrogen and oxygen atoms in total. The summed E-state index contributed by atoms with van der Waals surface area (Å²) in [5.74, 6) is 0.879. The Bertz CT molecular complexity index is 177. The minimum atomic E-state index is 0.571. The topological polar surface area (TPSA) is 9.23 Å². The van der Waals surface area contributed by atoms with Crippen LogP contribution in [-0.4, -0.2) is 16.6 Å². The van der Waals surface area contributed by atoms with Crippen LogP contribution in [0, 0.1) is 5.92 Å². The molecule has 0 radical (unpaired) electrons. The van der Waals surface area contributed by atoms with Crippen molar-refractivity contribution in [3.63, 3.8) is 0 Å². The van der Waals surface area contributed by atoms with Crippen LogP contribution in [0.3, 0.4) is 0 Å². The summed E-state index contributed by atoms with van der Waals surface area (Å²) in [6.07, 6.45) is 13.2. The second kappa shape index (κ2) is 6.43. The van der Waals surface area contributed by atoms with E-state index >= 15 is 0 Å². The molecule has 0 bridgehead atoms. The summed E-state index contributed by atoms with van der Waals surface area (Å²) < 4.78 is 6.90. The molecule has 2 unspecified atom stereocenters. The Morgan fingerprint density at radius 2 is 1.53 bits per heavy atom. The summed E-state index contributed by atoms with van der Waals surface area (Å²) in [6.45, 7) is 1.05. The van der Waals surface area contributed by atoms with Gasteiger partial charge in [-0.3, -0.25) is 0 Å². The third kappa shape index (κ3) is 3.88. The molecule has 2 aliphatic carbocycles. The van der Waals surface area contributed by atoms with E-state index in [4.69, 9.17) is 4.74 Å². The van der Waals surface area contributed by atoms with Crippen LogP contribution in [0.2, 0.25) is 0 Å². The number of ether oxygens (including phenoxy) is 1. The molecule has 2 saturated carbocycles. The molecular formula is C13H23IO. The average molecular weight is 322 g/mol. The van der Waals surface area contributed by atoms with Crippen LogP contribution in [-0.2, 0) is 4.74 Å². The monoisotopic (exact) mass is 322 g/mol. The molecule has 0 aliphatic heterocycles. The maximum Gasteiger partial charge on any atom is 0.0692 e. The number of hydrogen-bond acceptors (Lipinski definition) is 1. The zero-order valence-corrected chi connectivity index (χ0v) is 11.7. The Kier molecular flexibility index (Phi) is 5.21. The highest BCUT2D eigenvalue weighted by Gasteiger charge is 2.24. The second-order valence-electron chi connectivity index (χ2n) is 5.18. The first-order valence-electron chi connectivity index (χ1n) is 6.62. The number of rotatable bonds is 3. The fraction of sp³-hybridized carbons (Fsp3) is 1.00. The van der Waals surface area contributed by atoms with Crippen LogP contribution in [0.15, 0.2) is 0 Å². The van der Waals surface area contributed by atoms with Crippen LogP contribution < -0.4 is 0 Å². The van der Waals surface area contributed by atoms with Gasteiger partial charge in [-0.1, -0.05) is 54.7 Å². The standard InChI is InChI=1S/C13H23IO/c14-12-8-4-5-9-13(12)15-10-11-6-2-1-3-7-11/h11-13H,1-10H2. The number of alkyl halides is 1. The van der Waals surface area contributed by atoms with Crippen molar-refractivity contribution < 1.29 is 4.74 Å². The highest BCUT2D eigenvalue weighted by Crippen LogP contribution is 2.29. The van der Waals surface area contributed by atoms with E-state index < -0.39 is 0 Å². The van der Waals surface area contributed by atoms with E-state index in [-0.39, 0.29) is 0 Å². The van der Waals surface area contributed by atoms with Gasteiger partial charge in [0.1, 0.15) is 0 Å². The molecule has 0 aromatic heterocycles. The van der Waals surface area contributed by atoms with Gasteiger partial charge in [-0.05, 0) is 31.6 Å². The predicted molar refractivity (Wildman–Crippen MR) is 72.6 cm³/mol. The first-order chi connectivity index (χ1) is 7.36. The Morgan fingerprint density at radius 1 is 0.867 bits per heavy atom. The van der Waals surface area contributed by atoms with Crippen molar-refractivity contribution >= 4 is 22.6 Å². The molecule has 2 aliphatic rings. The van der Waals surface area contributed by atoms with Gasteiger partial charge >= 0.3 is 0 Å². The zero-order valence-electron chi connectivity index (χ0n) is 9.59. The Balaban J connectivity index is 1.67. The Morgan fingerprint density at radius 3 is 2.27 bits per heavy atom. The minimum absolute atomic E-state index is 0.571. The van der Waals surface area contributed by atoms with E-state index in [9.17, 15) is 0 Å². The van der Waals surface area contributed by atoms with Crippen molar-refractivity contribution in [3.8, 4) is 0 Å². The molecule has 0 spiro atoms. The van der Waals surface area contributed by atoms with Gasteiger partial charge < -0.3 is 4.74 Å². The van der Waals surface area contributed by atoms with Gasteiger partial charge in [-0.25, -0.2) is 0 Å². The lowest BCUT2D eigenvalue weighted by molar-refractivity contribution is 0.00778. The highest BCUT2D eigenvalue weighted by atomic mass is 127. The van der Waals surface area contributed by atoms with E-state index in [0.29, 0.717) is 6.10 Å². The summed E-state index contributed by atoms with van der Waals surface area (Å²) in [6, 6.07) is 0. The number of halogens is 1. The van der Waals surface area contributed by atoms with E-state index in [1.807, 2.05) is 0 Å². The van der Waals surface area contributed by atoms with E-state index in [0.717, 1.165) is 16.4 Å². The summed E-state index contributed by atoms with van der Waals surface area (Å²) in [5.41, 5.74) is 0. The van der Waals surface area contributed by atoms with Gasteiger partial charge in [0.2, 0.25) is 0 Å². The van der Waals surface area contributed by atoms with Gasteiger partial charge in [0.25, 0.3) is 0 Å². The van der Waals surface area contributed by atoms with Crippen molar-refractivity contribution in [3.05, 3.63) is 0 Å². The highest BCUT2D eigenvalue weighted by molar-refractivity contribution is 14.1. The molecule has 0 aromatic rings. The van der Waals surface area contributed by atoms with Crippen LogP contribution in [0.5, 0.6) is 0 Å². The van der Waals surface area contributed by atoms with Crippen molar-refractivity contribution in [2.24, 2.45) is 5.92 Å². The van der Waals surface area contributed by atoms with Gasteiger partial charge in [0.15, 0.2) is 0 Å². The third-order valence-electron chi connectivity index (χ3n) is 3.89. The van der Waals surface area contributed by atoms with Crippen LogP contribution in [0.1, 0.15) is 57.8 Å². The van der Waals surface area contributed by atoms with Crippen LogP contribution in [0.25, 0.3) is 0 Å². The van der Waals surface area contributed by atoms with Crippen molar-refractivity contribution in [1.29, 1.82) is 0 Å². The lowest BCUT2D eigenvalue weighted by atomic mass is 9.90. The smallest absolute Gasteiger partial charge is 0.0692 e. The molecule has 0 aromatic carbocycles. The summed E-state index contributed by atoms with van der Waals surface area (Å²) in [7, 11) is 0. The first-order valence-corrected chi connectivity index (χ1v) is 7.86. The maximum atomic E-state index is 6.13. The second-order valence-corrected chi connectivity index (χ2v) is 6.78. The fourth-order valence-corrected chi connectivity index (χ4v) is 3.86. The van der Waals surface area contributed by atoms with Crippen molar-refractivity contribution in [1.82, 2.24) is 0 Å². The van der Waals surface area contributed by atoms with Crippen LogP contribution >= 0.6 is 22.6 Å². The van der Waals surface area contributed by atoms with Crippen molar-refractivity contribution in [2.45, 2.75) is 67.8 Å². The van der Waals surface area contributed by atoms with E-state index in [1.165, 1.54) is 57.8 Å². The Labute approximate surface area is 107 Å². The molecule has 2 atom stereocenters. The molecule has 2 rings (SSSR count). The molecule has 15 heavy (non-hydrogen) atoms. The normalized spacial score (nSPS) is 34.2. The summed E-state index contributed by atoms with van der Waals surface area (Å²) in [4.78, 5) is 0. The first kappa shape index (κ1) is 12.2. The minimum Gasteiger partial charge on any atom is -0.377 e. The number of hydrogen-bond donors (Lipinski definition) is 0. The summed E-state index contributed by atoms with van der Waals surface area (Å²) >= 11 is 2.59. The largest absolute Gasteiger partial charge is 0.377 e. The molecule has 2 heteroatoms. The van der Waals surface area contributed by atoms with Gasteiger partial charge in [0, 0.05) is 10.5 Å². The van der Waals surface area contributed by atoms with Gasteiger partial charge in [-0.15, -0.1) is 0 Å². The average Bonchev–Trinajstić information content (AvgIpc) is 2.29.